The maximum absolute atomic E-state index is 14.0. The summed E-state index contributed by atoms with van der Waals surface area (Å²) in [6.07, 6.45) is -9.27. The molecule has 2 saturated heterocycles. The van der Waals surface area contributed by atoms with E-state index in [0.29, 0.717) is 13.2 Å². The minimum Gasteiger partial charge on any atom is -0.452 e. The maximum Gasteiger partial charge on any atom is 0.338 e. The average Bonchev–Trinajstić information content (AvgIpc) is 3.39. The second-order valence-electron chi connectivity index (χ2n) is 16.3. The van der Waals surface area contributed by atoms with E-state index in [0.717, 1.165) is 16.7 Å². The third-order valence-electron chi connectivity index (χ3n) is 11.5. The predicted molar refractivity (Wildman–Crippen MR) is 248 cm³/mol. The third kappa shape index (κ3) is 13.1. The summed E-state index contributed by atoms with van der Waals surface area (Å²) in [5.74, 6) is -2.25. The lowest BCUT2D eigenvalue weighted by Gasteiger charge is -2.45. The molecule has 0 saturated carbocycles. The van der Waals surface area contributed by atoms with Crippen LogP contribution < -0.4 is 0 Å². The second-order valence-corrected chi connectivity index (χ2v) is 16.3. The topological polar surface area (TPSA) is 144 Å². The molecule has 2 aliphatic heterocycles. The summed E-state index contributed by atoms with van der Waals surface area (Å²) in [6.45, 7) is 0.776. The first-order chi connectivity index (χ1) is 33.4. The van der Waals surface area contributed by atoms with Gasteiger partial charge in [-0.15, -0.1) is 0 Å². The molecule has 13 nitrogen and oxygen atoms in total. The fraction of sp³-hybridized carbons (Fsp3) is 0.291. The highest BCUT2D eigenvalue weighted by atomic mass is 16.7. The first-order valence-electron chi connectivity index (χ1n) is 22.6. The Balaban J connectivity index is 1.09. The average molecular weight is 923 g/mol. The van der Waals surface area contributed by atoms with Crippen molar-refractivity contribution in [1.82, 2.24) is 0 Å². The highest BCUT2D eigenvalue weighted by Gasteiger charge is 2.53. The summed E-state index contributed by atoms with van der Waals surface area (Å²) in [4.78, 5) is 41.6. The standard InChI is InChI=1S/C55H54O13/c1-59-55-51(68-54(58)43-30-18-7-19-31-43)50(67-53(57)42-28-16-6-17-29-42)49(66-52(56)41-26-14-5-15-27-41)46(65-55)37-62-47-32-44(61-34-39-22-10-3-11-23-39)48(63-35-40-24-12-4-13-25-40)45(64-47)36-60-33-38-20-8-2-9-21-38/h2-31,44-51,55H,32-37H2,1H3/t44-,45-,46-,47+,48-,49-,50+,51-,55+/m1/s1. The number of hydrogen-bond acceptors (Lipinski definition) is 13. The van der Waals surface area contributed by atoms with Crippen LogP contribution in [0.5, 0.6) is 0 Å². The van der Waals surface area contributed by atoms with Crippen LogP contribution in [-0.4, -0.2) is 93.5 Å². The molecular weight excluding hydrogens is 869 g/mol. The number of ether oxygens (including phenoxy) is 10. The summed E-state index contributed by atoms with van der Waals surface area (Å²) in [5, 5.41) is 0. The summed E-state index contributed by atoms with van der Waals surface area (Å²) in [6, 6.07) is 54.4. The van der Waals surface area contributed by atoms with Crippen LogP contribution in [0.15, 0.2) is 182 Å². The van der Waals surface area contributed by atoms with E-state index in [-0.39, 0.29) is 42.9 Å². The number of esters is 3. The van der Waals surface area contributed by atoms with Crippen LogP contribution in [0.25, 0.3) is 0 Å². The van der Waals surface area contributed by atoms with Crippen molar-refractivity contribution >= 4 is 17.9 Å². The monoisotopic (exact) mass is 922 g/mol. The van der Waals surface area contributed by atoms with E-state index in [9.17, 15) is 14.4 Å². The number of carbonyl (C=O) groups is 3. The van der Waals surface area contributed by atoms with Crippen molar-refractivity contribution in [2.75, 3.05) is 20.3 Å². The zero-order chi connectivity index (χ0) is 46.9. The molecule has 0 bridgehead atoms. The normalized spacial score (nSPS) is 23.5. The Bertz CT molecular complexity index is 2450. The van der Waals surface area contributed by atoms with E-state index in [1.54, 1.807) is 91.0 Å². The summed E-state index contributed by atoms with van der Waals surface area (Å²) < 4.78 is 63.7. The maximum atomic E-state index is 14.0. The molecule has 0 amide bonds. The molecule has 0 aromatic heterocycles. The van der Waals surface area contributed by atoms with Crippen LogP contribution >= 0.6 is 0 Å². The Hall–Kier alpha value is -6.55. The second kappa shape index (κ2) is 24.5. The largest absolute Gasteiger partial charge is 0.452 e. The van der Waals surface area contributed by atoms with Crippen LogP contribution in [0, 0.1) is 0 Å². The van der Waals surface area contributed by atoms with Crippen molar-refractivity contribution in [3.05, 3.63) is 215 Å². The van der Waals surface area contributed by atoms with Crippen molar-refractivity contribution in [1.29, 1.82) is 0 Å². The molecule has 6 aromatic rings. The fourth-order valence-electron chi connectivity index (χ4n) is 8.03. The Morgan fingerprint density at radius 1 is 0.441 bits per heavy atom. The van der Waals surface area contributed by atoms with E-state index in [1.807, 2.05) is 91.0 Å². The van der Waals surface area contributed by atoms with Crippen molar-refractivity contribution in [3.8, 4) is 0 Å². The number of carbonyl (C=O) groups excluding carboxylic acids is 3. The third-order valence-corrected chi connectivity index (χ3v) is 11.5. The molecule has 0 N–H and O–H groups in total. The highest BCUT2D eigenvalue weighted by Crippen LogP contribution is 2.34. The van der Waals surface area contributed by atoms with Gasteiger partial charge >= 0.3 is 17.9 Å². The van der Waals surface area contributed by atoms with E-state index in [2.05, 4.69) is 0 Å². The van der Waals surface area contributed by atoms with Gasteiger partial charge in [-0.3, -0.25) is 0 Å². The van der Waals surface area contributed by atoms with Gasteiger partial charge in [0, 0.05) is 13.5 Å². The molecule has 0 unspecified atom stereocenters. The fourth-order valence-corrected chi connectivity index (χ4v) is 8.03. The summed E-state index contributed by atoms with van der Waals surface area (Å²) in [7, 11) is 1.37. The Kier molecular flexibility index (Phi) is 17.2. The van der Waals surface area contributed by atoms with E-state index in [4.69, 9.17) is 47.4 Å². The minimum atomic E-state index is -1.46. The van der Waals surface area contributed by atoms with Crippen LogP contribution in [-0.2, 0) is 67.2 Å². The number of rotatable bonds is 20. The molecule has 6 aromatic carbocycles. The molecule has 9 atom stereocenters. The smallest absolute Gasteiger partial charge is 0.338 e. The Morgan fingerprint density at radius 3 is 1.34 bits per heavy atom. The quantitative estimate of drug-likeness (QED) is 0.0534. The summed E-state index contributed by atoms with van der Waals surface area (Å²) >= 11 is 0. The zero-order valence-electron chi connectivity index (χ0n) is 37.6. The van der Waals surface area contributed by atoms with Gasteiger partial charge in [-0.25, -0.2) is 14.4 Å². The van der Waals surface area contributed by atoms with Gasteiger partial charge < -0.3 is 47.4 Å². The van der Waals surface area contributed by atoms with Crippen molar-refractivity contribution in [2.45, 2.75) is 81.5 Å². The molecule has 2 aliphatic rings. The molecule has 8 rings (SSSR count). The van der Waals surface area contributed by atoms with Gasteiger partial charge in [-0.05, 0) is 53.1 Å². The lowest BCUT2D eigenvalue weighted by molar-refractivity contribution is -0.315. The van der Waals surface area contributed by atoms with Gasteiger partial charge in [0.15, 0.2) is 30.9 Å². The molecule has 2 fully saturated rings. The van der Waals surface area contributed by atoms with Crippen LogP contribution in [0.1, 0.15) is 54.2 Å². The first-order valence-corrected chi connectivity index (χ1v) is 22.6. The zero-order valence-corrected chi connectivity index (χ0v) is 37.6. The van der Waals surface area contributed by atoms with Crippen molar-refractivity contribution in [3.63, 3.8) is 0 Å². The molecule has 2 heterocycles. The molecule has 0 spiro atoms. The summed E-state index contributed by atoms with van der Waals surface area (Å²) in [5.41, 5.74) is 3.60. The van der Waals surface area contributed by atoms with E-state index >= 15 is 0 Å². The number of benzene rings is 6. The van der Waals surface area contributed by atoms with Crippen molar-refractivity contribution < 1.29 is 61.8 Å². The van der Waals surface area contributed by atoms with E-state index < -0.39 is 73.2 Å². The van der Waals surface area contributed by atoms with Crippen LogP contribution in [0.3, 0.4) is 0 Å². The van der Waals surface area contributed by atoms with Gasteiger partial charge in [0.05, 0.1) is 55.8 Å². The lowest BCUT2D eigenvalue weighted by atomic mass is 9.97. The molecule has 68 heavy (non-hydrogen) atoms. The molecule has 352 valence electrons. The van der Waals surface area contributed by atoms with Gasteiger partial charge in [-0.1, -0.05) is 146 Å². The van der Waals surface area contributed by atoms with Crippen LogP contribution in [0.4, 0.5) is 0 Å². The highest BCUT2D eigenvalue weighted by molar-refractivity contribution is 5.91. The first kappa shape index (κ1) is 47.9. The molecular formula is C55H54O13. The van der Waals surface area contributed by atoms with Gasteiger partial charge in [0.25, 0.3) is 0 Å². The Morgan fingerprint density at radius 2 is 0.853 bits per heavy atom. The van der Waals surface area contributed by atoms with Crippen molar-refractivity contribution in [2.24, 2.45) is 0 Å². The predicted octanol–water partition coefficient (Wildman–Crippen LogP) is 8.55. The number of hydrogen-bond donors (Lipinski definition) is 0. The molecule has 13 heteroatoms. The Labute approximate surface area is 395 Å². The molecule has 0 radical (unpaired) electrons. The van der Waals surface area contributed by atoms with Gasteiger partial charge in [0.2, 0.25) is 0 Å². The van der Waals surface area contributed by atoms with Gasteiger partial charge in [-0.2, -0.15) is 0 Å². The molecule has 0 aliphatic carbocycles. The lowest BCUT2D eigenvalue weighted by Crippen LogP contribution is -2.63. The van der Waals surface area contributed by atoms with Crippen LogP contribution in [0.2, 0.25) is 0 Å². The minimum absolute atomic E-state index is 0.133. The SMILES string of the molecule is CO[C@H]1O[C@H](CO[C@@H]2C[C@@H](OCc3ccccc3)[C@@H](OCc3ccccc3)[C@@H](COCc3ccccc3)O2)[C@@H](OC(=O)c2ccccc2)[C@H](OC(=O)c2ccccc2)[C@H]1OC(=O)c1ccccc1. The number of methoxy groups -OCH3 is 1. The van der Waals surface area contributed by atoms with E-state index in [1.165, 1.54) is 7.11 Å². The van der Waals surface area contributed by atoms with Gasteiger partial charge in [0.1, 0.15) is 18.3 Å².